The van der Waals surface area contributed by atoms with Gasteiger partial charge in [-0.05, 0) is 0 Å². The summed E-state index contributed by atoms with van der Waals surface area (Å²) in [5.74, 6) is 2.69. The lowest BCUT2D eigenvalue weighted by Gasteiger charge is -1.98. The maximum Gasteiger partial charge on any atom is 0.223 e. The molecule has 17 heavy (non-hydrogen) atoms. The van der Waals surface area contributed by atoms with Crippen LogP contribution in [0.15, 0.2) is 22.1 Å². The molecule has 0 atom stereocenters. The lowest BCUT2D eigenvalue weighted by atomic mass is 10.2. The van der Waals surface area contributed by atoms with Crippen molar-refractivity contribution in [2.75, 3.05) is 5.73 Å². The molecule has 0 bridgehead atoms. The fraction of sp³-hybridized carbons (Fsp3) is 0.400. The molecule has 0 aliphatic heterocycles. The summed E-state index contributed by atoms with van der Waals surface area (Å²) in [5.41, 5.74) is 5.46. The maximum absolute atomic E-state index is 5.56. The van der Waals surface area contributed by atoms with Crippen LogP contribution in [0, 0.1) is 0 Å². The molecule has 0 radical (unpaired) electrons. The van der Waals surface area contributed by atoms with Crippen LogP contribution < -0.4 is 5.73 Å². The van der Waals surface area contributed by atoms with Crippen molar-refractivity contribution in [1.29, 1.82) is 0 Å². The van der Waals surface area contributed by atoms with Crippen LogP contribution in [-0.2, 0) is 5.75 Å². The summed E-state index contributed by atoms with van der Waals surface area (Å²) in [5, 5.41) is 0.571. The molecular formula is C10H13N5OS. The first-order valence-electron chi connectivity index (χ1n) is 5.17. The number of anilines is 1. The Morgan fingerprint density at radius 2 is 2.18 bits per heavy atom. The van der Waals surface area contributed by atoms with Crippen LogP contribution >= 0.6 is 11.8 Å². The number of rotatable bonds is 4. The fourth-order valence-corrected chi connectivity index (χ4v) is 1.81. The number of thioether (sulfide) groups is 1. The predicted octanol–water partition coefficient (Wildman–Crippen LogP) is 1.86. The smallest absolute Gasteiger partial charge is 0.223 e. The number of nitrogens with two attached hydrogens (primary N) is 1. The Bertz CT molecular complexity index is 499. The van der Waals surface area contributed by atoms with E-state index in [1.54, 1.807) is 6.20 Å². The molecule has 2 rings (SSSR count). The lowest BCUT2D eigenvalue weighted by molar-refractivity contribution is 0.453. The van der Waals surface area contributed by atoms with Crippen molar-refractivity contribution in [3.63, 3.8) is 0 Å². The summed E-state index contributed by atoms with van der Waals surface area (Å²) >= 11 is 1.41. The monoisotopic (exact) mass is 251 g/mol. The average molecular weight is 251 g/mol. The van der Waals surface area contributed by atoms with Gasteiger partial charge in [0, 0.05) is 5.92 Å². The minimum atomic E-state index is 0.220. The van der Waals surface area contributed by atoms with Crippen LogP contribution in [0.4, 0.5) is 5.95 Å². The molecule has 0 aliphatic carbocycles. The topological polar surface area (TPSA) is 90.7 Å². The van der Waals surface area contributed by atoms with Crippen molar-refractivity contribution in [1.82, 2.24) is 19.9 Å². The van der Waals surface area contributed by atoms with Gasteiger partial charge in [-0.2, -0.15) is 4.98 Å². The van der Waals surface area contributed by atoms with Gasteiger partial charge < -0.3 is 10.2 Å². The zero-order valence-electron chi connectivity index (χ0n) is 9.62. The number of nitrogens with zero attached hydrogens (tertiary/aromatic N) is 4. The third kappa shape index (κ3) is 3.16. The highest BCUT2D eigenvalue weighted by Crippen LogP contribution is 2.21. The molecule has 2 aromatic rings. The van der Waals surface area contributed by atoms with Crippen molar-refractivity contribution in [3.8, 4) is 0 Å². The van der Waals surface area contributed by atoms with E-state index in [1.807, 2.05) is 0 Å². The average Bonchev–Trinajstić information content (AvgIpc) is 2.75. The Labute approximate surface area is 103 Å². The second-order valence-corrected chi connectivity index (χ2v) is 4.67. The molecule has 0 fully saturated rings. The van der Waals surface area contributed by atoms with Crippen LogP contribution in [0.2, 0.25) is 0 Å². The quantitative estimate of drug-likeness (QED) is 0.829. The molecule has 0 saturated carbocycles. The minimum Gasteiger partial charge on any atom is -0.445 e. The van der Waals surface area contributed by atoms with Crippen molar-refractivity contribution in [3.05, 3.63) is 24.2 Å². The Kier molecular flexibility index (Phi) is 3.58. The molecule has 0 unspecified atom stereocenters. The molecule has 2 heterocycles. The first-order chi connectivity index (χ1) is 8.15. The first-order valence-corrected chi connectivity index (χ1v) is 6.15. The van der Waals surface area contributed by atoms with Crippen LogP contribution in [-0.4, -0.2) is 19.9 Å². The molecule has 0 aromatic carbocycles. The molecule has 0 aliphatic rings. The number of nitrogen functional groups attached to an aromatic ring is 1. The molecule has 0 spiro atoms. The molecule has 2 N–H and O–H groups in total. The van der Waals surface area contributed by atoms with Gasteiger partial charge in [-0.25, -0.2) is 15.0 Å². The van der Waals surface area contributed by atoms with E-state index in [0.29, 0.717) is 22.7 Å². The van der Waals surface area contributed by atoms with E-state index in [1.165, 1.54) is 18.1 Å². The summed E-state index contributed by atoms with van der Waals surface area (Å²) in [4.78, 5) is 15.9. The molecule has 6 nitrogen and oxygen atoms in total. The second-order valence-electron chi connectivity index (χ2n) is 3.73. The van der Waals surface area contributed by atoms with Gasteiger partial charge in [-0.15, -0.1) is 0 Å². The molecule has 7 heteroatoms. The highest BCUT2D eigenvalue weighted by Gasteiger charge is 2.08. The molecule has 90 valence electrons. The number of aromatic nitrogens is 4. The van der Waals surface area contributed by atoms with E-state index in [2.05, 4.69) is 33.8 Å². The molecule has 0 saturated heterocycles. The fourth-order valence-electron chi connectivity index (χ4n) is 1.15. The van der Waals surface area contributed by atoms with E-state index in [9.17, 15) is 0 Å². The molecule has 0 amide bonds. The molecular weight excluding hydrogens is 238 g/mol. The van der Waals surface area contributed by atoms with Gasteiger partial charge in [0.25, 0.3) is 0 Å². The summed E-state index contributed by atoms with van der Waals surface area (Å²) in [7, 11) is 0. The summed E-state index contributed by atoms with van der Waals surface area (Å²) in [6, 6.07) is 0. The number of hydrogen-bond donors (Lipinski definition) is 1. The third-order valence-corrected chi connectivity index (χ3v) is 2.88. The Balaban J connectivity index is 1.97. The van der Waals surface area contributed by atoms with Crippen LogP contribution in [0.5, 0.6) is 0 Å². The zero-order chi connectivity index (χ0) is 12.3. The van der Waals surface area contributed by atoms with Crippen molar-refractivity contribution < 1.29 is 4.42 Å². The van der Waals surface area contributed by atoms with Crippen LogP contribution in [0.1, 0.15) is 31.4 Å². The first kappa shape index (κ1) is 11.8. The van der Waals surface area contributed by atoms with E-state index in [4.69, 9.17) is 10.2 Å². The maximum atomic E-state index is 5.56. The van der Waals surface area contributed by atoms with Crippen molar-refractivity contribution in [2.45, 2.75) is 30.7 Å². The Morgan fingerprint density at radius 3 is 2.82 bits per heavy atom. The summed E-state index contributed by atoms with van der Waals surface area (Å²) in [6.45, 7) is 4.12. The van der Waals surface area contributed by atoms with Gasteiger partial charge in [-0.3, -0.25) is 0 Å². The SMILES string of the molecule is CC(C)c1cnc(CSc2ncnc(N)n2)o1. The van der Waals surface area contributed by atoms with E-state index in [-0.39, 0.29) is 5.95 Å². The number of hydrogen-bond acceptors (Lipinski definition) is 7. The highest BCUT2D eigenvalue weighted by atomic mass is 32.2. The van der Waals surface area contributed by atoms with E-state index < -0.39 is 0 Å². The third-order valence-electron chi connectivity index (χ3n) is 2.03. The van der Waals surface area contributed by atoms with Crippen molar-refractivity contribution in [2.24, 2.45) is 0 Å². The van der Waals surface area contributed by atoms with Gasteiger partial charge in [0.05, 0.1) is 11.9 Å². The minimum absolute atomic E-state index is 0.220. The number of oxazole rings is 1. The largest absolute Gasteiger partial charge is 0.445 e. The normalized spacial score (nSPS) is 11.0. The molecule has 2 aromatic heterocycles. The van der Waals surface area contributed by atoms with E-state index in [0.717, 1.165) is 5.76 Å². The zero-order valence-corrected chi connectivity index (χ0v) is 10.4. The van der Waals surface area contributed by atoms with Gasteiger partial charge in [0.15, 0.2) is 5.16 Å². The second kappa shape index (κ2) is 5.13. The summed E-state index contributed by atoms with van der Waals surface area (Å²) < 4.78 is 5.56. The van der Waals surface area contributed by atoms with Crippen LogP contribution in [0.3, 0.4) is 0 Å². The van der Waals surface area contributed by atoms with Gasteiger partial charge >= 0.3 is 0 Å². The van der Waals surface area contributed by atoms with Crippen LogP contribution in [0.25, 0.3) is 0 Å². The van der Waals surface area contributed by atoms with Gasteiger partial charge in [0.1, 0.15) is 12.1 Å². The Hall–Kier alpha value is -1.63. The predicted molar refractivity (Wildman–Crippen MR) is 64.4 cm³/mol. The van der Waals surface area contributed by atoms with Gasteiger partial charge in [-0.1, -0.05) is 25.6 Å². The highest BCUT2D eigenvalue weighted by molar-refractivity contribution is 7.98. The lowest BCUT2D eigenvalue weighted by Crippen LogP contribution is -1.97. The van der Waals surface area contributed by atoms with E-state index >= 15 is 0 Å². The Morgan fingerprint density at radius 1 is 1.35 bits per heavy atom. The summed E-state index contributed by atoms with van der Waals surface area (Å²) in [6.07, 6.45) is 3.14. The van der Waals surface area contributed by atoms with Crippen molar-refractivity contribution >= 4 is 17.7 Å². The standard InChI is InChI=1S/C10H13N5OS/c1-6(2)7-3-12-8(16-7)4-17-10-14-5-13-9(11)15-10/h3,5-6H,4H2,1-2H3,(H2,11,13,14,15). The van der Waals surface area contributed by atoms with Gasteiger partial charge in [0.2, 0.25) is 11.8 Å².